The van der Waals surface area contributed by atoms with E-state index >= 15 is 0 Å². The summed E-state index contributed by atoms with van der Waals surface area (Å²) < 4.78 is 30.6. The van der Waals surface area contributed by atoms with Gasteiger partial charge in [-0.2, -0.15) is 13.9 Å². The quantitative estimate of drug-likeness (QED) is 0.349. The van der Waals surface area contributed by atoms with Crippen molar-refractivity contribution in [3.63, 3.8) is 0 Å². The minimum Gasteiger partial charge on any atom is -0.246 e. The summed E-state index contributed by atoms with van der Waals surface area (Å²) in [4.78, 5) is 0. The molecule has 0 atom stereocenters. The Morgan fingerprint density at radius 3 is 1.00 bits per heavy atom. The van der Waals surface area contributed by atoms with Crippen LogP contribution in [0.25, 0.3) is 0 Å². The van der Waals surface area contributed by atoms with Crippen LogP contribution in [0, 0.1) is 0 Å². The normalized spacial score (nSPS) is 11.1. The van der Waals surface area contributed by atoms with Crippen LogP contribution in [-0.4, -0.2) is 21.1 Å². The predicted octanol–water partition coefficient (Wildman–Crippen LogP) is 5.30. The minimum atomic E-state index is -4.11. The summed E-state index contributed by atoms with van der Waals surface area (Å²) in [5, 5.41) is 4.08. The number of hydrogen-bond donors (Lipinski definition) is 0. The van der Waals surface area contributed by atoms with Gasteiger partial charge in [0.2, 0.25) is 0 Å². The molecule has 0 spiro atoms. The van der Waals surface area contributed by atoms with Gasteiger partial charge in [-0.05, 0) is 36.4 Å². The van der Waals surface area contributed by atoms with Crippen LogP contribution >= 0.6 is 7.82 Å². The minimum absolute atomic E-state index is 0.699. The van der Waals surface area contributed by atoms with Gasteiger partial charge in [0.25, 0.3) is 0 Å². The molecule has 0 saturated heterocycles. The number of phosphoric acid groups is 1. The van der Waals surface area contributed by atoms with Gasteiger partial charge in [-0.1, -0.05) is 54.6 Å². The molecule has 3 rings (SSSR count). The number of nitrogens with zero attached hydrogens (tertiary/aromatic N) is 3. The van der Waals surface area contributed by atoms with Gasteiger partial charge >= 0.3 is 7.82 Å². The monoisotopic (exact) mass is 413 g/mol. The van der Waals surface area contributed by atoms with Gasteiger partial charge in [-0.3, -0.25) is 0 Å². The highest BCUT2D eigenvalue weighted by Crippen LogP contribution is 2.52. The van der Waals surface area contributed by atoms with Crippen molar-refractivity contribution in [1.29, 1.82) is 0 Å². The van der Waals surface area contributed by atoms with E-state index in [2.05, 4.69) is 0 Å². The fraction of sp³-hybridized carbons (Fsp3) is 0.143. The van der Waals surface area contributed by atoms with Crippen LogP contribution in [-0.2, 0) is 18.4 Å². The third-order valence-electron chi connectivity index (χ3n) is 4.03. The molecule has 0 radical (unpaired) electrons. The second kappa shape index (κ2) is 9.58. The fourth-order valence-corrected chi connectivity index (χ4v) is 3.82. The second-order valence-electron chi connectivity index (χ2n) is 6.19. The van der Waals surface area contributed by atoms with Crippen molar-refractivity contribution in [1.82, 2.24) is 0 Å². The first-order valence-corrected chi connectivity index (χ1v) is 10.5. The predicted molar refractivity (Wildman–Crippen MR) is 115 cm³/mol. The molecule has 0 aliphatic carbocycles. The fourth-order valence-electron chi connectivity index (χ4n) is 2.55. The van der Waals surface area contributed by atoms with Crippen LogP contribution < -0.4 is 15.2 Å². The average Bonchev–Trinajstić information content (AvgIpc) is 2.75. The van der Waals surface area contributed by atoms with Gasteiger partial charge in [0.15, 0.2) is 0 Å². The largest absolute Gasteiger partial charge is 0.539 e. The standard InChI is InChI=1S/C21H24N3O4P/c1-22(19-13-7-4-8-14-19)26-29(25,27-23(2)20-15-9-5-10-16-20)28-24(3)21-17-11-6-12-18-21/h4-18H,1-3H3. The van der Waals surface area contributed by atoms with E-state index in [0.717, 1.165) is 0 Å². The number of rotatable bonds is 9. The SMILES string of the molecule is CN(OP(=O)(ON(C)c1ccccc1)ON(C)c1ccccc1)c1ccccc1. The molecule has 7 nitrogen and oxygen atoms in total. The van der Waals surface area contributed by atoms with Gasteiger partial charge in [-0.25, -0.2) is 19.8 Å². The zero-order chi connectivity index (χ0) is 20.7. The molecule has 152 valence electrons. The third kappa shape index (κ3) is 5.82. The number of hydroxylamine groups is 3. The Morgan fingerprint density at radius 1 is 0.517 bits per heavy atom. The zero-order valence-corrected chi connectivity index (χ0v) is 17.5. The van der Waals surface area contributed by atoms with Gasteiger partial charge in [-0.15, -0.1) is 0 Å². The maximum Gasteiger partial charge on any atom is 0.539 e. The van der Waals surface area contributed by atoms with Crippen molar-refractivity contribution in [3.8, 4) is 0 Å². The van der Waals surface area contributed by atoms with Crippen LogP contribution in [0.3, 0.4) is 0 Å². The highest BCUT2D eigenvalue weighted by atomic mass is 31.2. The van der Waals surface area contributed by atoms with Crippen LogP contribution in [0.2, 0.25) is 0 Å². The van der Waals surface area contributed by atoms with E-state index in [1.807, 2.05) is 91.0 Å². The Labute approximate surface area is 171 Å². The maximum absolute atomic E-state index is 13.6. The first-order valence-electron chi connectivity index (χ1n) is 9.02. The Kier molecular flexibility index (Phi) is 6.90. The first kappa shape index (κ1) is 20.9. The van der Waals surface area contributed by atoms with Crippen molar-refractivity contribution in [2.45, 2.75) is 0 Å². The van der Waals surface area contributed by atoms with Crippen LogP contribution in [0.15, 0.2) is 91.0 Å². The lowest BCUT2D eigenvalue weighted by atomic mass is 10.3. The molecule has 0 unspecified atom stereocenters. The molecule has 3 aromatic carbocycles. The third-order valence-corrected chi connectivity index (χ3v) is 5.36. The van der Waals surface area contributed by atoms with Crippen LogP contribution in [0.1, 0.15) is 0 Å². The summed E-state index contributed by atoms with van der Waals surface area (Å²) in [6.45, 7) is 0. The van der Waals surface area contributed by atoms with Crippen molar-refractivity contribution in [2.75, 3.05) is 36.3 Å². The molecule has 3 aromatic rings. The molecule has 0 aliphatic rings. The molecule has 0 fully saturated rings. The second-order valence-corrected chi connectivity index (χ2v) is 7.58. The Morgan fingerprint density at radius 2 is 0.759 bits per heavy atom. The number of hydrogen-bond acceptors (Lipinski definition) is 7. The van der Waals surface area contributed by atoms with E-state index in [9.17, 15) is 4.57 Å². The average molecular weight is 413 g/mol. The lowest BCUT2D eigenvalue weighted by Gasteiger charge is -2.30. The molecule has 0 N–H and O–H groups in total. The molecule has 0 bridgehead atoms. The van der Waals surface area contributed by atoms with Gasteiger partial charge < -0.3 is 0 Å². The van der Waals surface area contributed by atoms with Gasteiger partial charge in [0.1, 0.15) is 0 Å². The molecular weight excluding hydrogens is 389 g/mol. The summed E-state index contributed by atoms with van der Waals surface area (Å²) >= 11 is 0. The molecule has 29 heavy (non-hydrogen) atoms. The smallest absolute Gasteiger partial charge is 0.246 e. The van der Waals surface area contributed by atoms with Crippen LogP contribution in [0.4, 0.5) is 17.1 Å². The molecular formula is C21H24N3O4P. The summed E-state index contributed by atoms with van der Waals surface area (Å²) in [6, 6.07) is 27.7. The Hall–Kier alpha value is -2.83. The highest BCUT2D eigenvalue weighted by Gasteiger charge is 2.36. The summed E-state index contributed by atoms with van der Waals surface area (Å²) in [6.07, 6.45) is 0. The summed E-state index contributed by atoms with van der Waals surface area (Å²) in [5.41, 5.74) is 2.10. The van der Waals surface area contributed by atoms with E-state index in [1.165, 1.54) is 15.2 Å². The summed E-state index contributed by atoms with van der Waals surface area (Å²) in [5.74, 6) is 0. The van der Waals surface area contributed by atoms with Crippen molar-refractivity contribution in [2.24, 2.45) is 0 Å². The van der Waals surface area contributed by atoms with E-state index < -0.39 is 7.82 Å². The molecule has 0 saturated carbocycles. The molecule has 0 aromatic heterocycles. The molecule has 8 heteroatoms. The van der Waals surface area contributed by atoms with E-state index in [0.29, 0.717) is 17.1 Å². The highest BCUT2D eigenvalue weighted by molar-refractivity contribution is 7.48. The van der Waals surface area contributed by atoms with Gasteiger partial charge in [0.05, 0.1) is 17.1 Å². The van der Waals surface area contributed by atoms with Crippen molar-refractivity contribution in [3.05, 3.63) is 91.0 Å². The Balaban J connectivity index is 1.82. The van der Waals surface area contributed by atoms with Crippen molar-refractivity contribution >= 4 is 24.9 Å². The van der Waals surface area contributed by atoms with E-state index in [1.54, 1.807) is 21.1 Å². The summed E-state index contributed by atoms with van der Waals surface area (Å²) in [7, 11) is 0.810. The van der Waals surface area contributed by atoms with Crippen LogP contribution in [0.5, 0.6) is 0 Å². The first-order chi connectivity index (χ1) is 14.0. The maximum atomic E-state index is 13.6. The number of benzene rings is 3. The lowest BCUT2D eigenvalue weighted by Crippen LogP contribution is -2.27. The van der Waals surface area contributed by atoms with Crippen molar-refractivity contribution < 1.29 is 18.4 Å². The topological polar surface area (TPSA) is 54.5 Å². The zero-order valence-electron chi connectivity index (χ0n) is 16.6. The lowest BCUT2D eigenvalue weighted by molar-refractivity contribution is 0.0996. The van der Waals surface area contributed by atoms with Gasteiger partial charge in [0, 0.05) is 21.1 Å². The number of anilines is 3. The number of para-hydroxylation sites is 3. The van der Waals surface area contributed by atoms with E-state index in [4.69, 9.17) is 13.9 Å². The van der Waals surface area contributed by atoms with E-state index in [-0.39, 0.29) is 0 Å². The molecule has 0 heterocycles. The Bertz CT molecular complexity index is 806. The molecule has 0 aliphatic heterocycles. The molecule has 0 amide bonds.